The van der Waals surface area contributed by atoms with Gasteiger partial charge in [0.15, 0.2) is 0 Å². The van der Waals surface area contributed by atoms with Gasteiger partial charge < -0.3 is 24.6 Å². The largest absolute Gasteiger partial charge is 0.508 e. The molecule has 0 spiro atoms. The highest BCUT2D eigenvalue weighted by atomic mass is 35.5. The van der Waals surface area contributed by atoms with Crippen molar-refractivity contribution >= 4 is 29.1 Å². The quantitative estimate of drug-likeness (QED) is 0.311. The molecule has 9 heteroatoms. The number of aromatic nitrogens is 1. The number of ketones is 1. The van der Waals surface area contributed by atoms with Gasteiger partial charge >= 0.3 is 0 Å². The summed E-state index contributed by atoms with van der Waals surface area (Å²) in [6.45, 7) is 0.0846. The molecule has 3 aromatic rings. The molecule has 1 fully saturated rings. The molecule has 0 saturated carbocycles. The summed E-state index contributed by atoms with van der Waals surface area (Å²) in [7, 11) is 2.84. The van der Waals surface area contributed by atoms with Crippen molar-refractivity contribution in [3.8, 4) is 17.2 Å². The van der Waals surface area contributed by atoms with Gasteiger partial charge in [-0.25, -0.2) is 0 Å². The molecule has 34 heavy (non-hydrogen) atoms. The molecule has 1 amide bonds. The zero-order chi connectivity index (χ0) is 24.4. The van der Waals surface area contributed by atoms with Crippen molar-refractivity contribution < 1.29 is 29.3 Å². The molecule has 174 valence electrons. The predicted molar refractivity (Wildman–Crippen MR) is 125 cm³/mol. The lowest BCUT2D eigenvalue weighted by Gasteiger charge is -2.25. The van der Waals surface area contributed by atoms with Crippen LogP contribution in [0.25, 0.3) is 5.76 Å². The van der Waals surface area contributed by atoms with Crippen LogP contribution in [-0.4, -0.2) is 46.0 Å². The SMILES string of the molecule is COc1cc(OC)c(/C(O)=C2\C(=O)C(=O)N(Cc3cccnc3)C2c2ccc(O)cc2)cc1Cl. The lowest BCUT2D eigenvalue weighted by molar-refractivity contribution is -0.140. The van der Waals surface area contributed by atoms with Crippen LogP contribution in [0.15, 0.2) is 66.5 Å². The maximum atomic E-state index is 13.2. The number of aliphatic hydroxyl groups is 1. The number of hydrogen-bond acceptors (Lipinski definition) is 7. The number of amides is 1. The summed E-state index contributed by atoms with van der Waals surface area (Å²) in [5.41, 5.74) is 1.25. The Morgan fingerprint density at radius 2 is 1.79 bits per heavy atom. The fourth-order valence-corrected chi connectivity index (χ4v) is 4.17. The predicted octanol–water partition coefficient (Wildman–Crippen LogP) is 4.08. The third kappa shape index (κ3) is 4.15. The van der Waals surface area contributed by atoms with Crippen LogP contribution in [0.1, 0.15) is 22.7 Å². The van der Waals surface area contributed by atoms with Crippen molar-refractivity contribution in [3.05, 3.63) is 88.2 Å². The second-order valence-corrected chi connectivity index (χ2v) is 7.97. The summed E-state index contributed by atoms with van der Waals surface area (Å²) in [5, 5.41) is 21.3. The zero-order valence-electron chi connectivity index (χ0n) is 18.4. The molecule has 1 atom stereocenters. The lowest BCUT2D eigenvalue weighted by Crippen LogP contribution is -2.29. The Kier molecular flexibility index (Phi) is 6.43. The van der Waals surface area contributed by atoms with Crippen molar-refractivity contribution in [1.82, 2.24) is 9.88 Å². The van der Waals surface area contributed by atoms with Crippen molar-refractivity contribution in [2.24, 2.45) is 0 Å². The fourth-order valence-electron chi connectivity index (χ4n) is 3.92. The monoisotopic (exact) mass is 480 g/mol. The molecule has 0 aliphatic carbocycles. The summed E-state index contributed by atoms with van der Waals surface area (Å²) in [6.07, 6.45) is 3.20. The van der Waals surface area contributed by atoms with Gasteiger partial charge in [-0.15, -0.1) is 0 Å². The van der Waals surface area contributed by atoms with Gasteiger partial charge in [-0.3, -0.25) is 14.6 Å². The van der Waals surface area contributed by atoms with Crippen molar-refractivity contribution in [2.75, 3.05) is 14.2 Å². The number of Topliss-reactive ketones (excluding diaryl/α,β-unsaturated/α-hetero) is 1. The van der Waals surface area contributed by atoms with Crippen LogP contribution in [0.3, 0.4) is 0 Å². The highest BCUT2D eigenvalue weighted by Gasteiger charge is 2.46. The number of phenolic OH excluding ortho intramolecular Hbond substituents is 1. The molecule has 8 nitrogen and oxygen atoms in total. The second kappa shape index (κ2) is 9.44. The van der Waals surface area contributed by atoms with E-state index in [9.17, 15) is 19.8 Å². The van der Waals surface area contributed by atoms with Gasteiger partial charge in [-0.1, -0.05) is 29.8 Å². The average molecular weight is 481 g/mol. The third-order valence-corrected chi connectivity index (χ3v) is 5.85. The Hall–Kier alpha value is -4.04. The van der Waals surface area contributed by atoms with Crippen molar-refractivity contribution in [3.63, 3.8) is 0 Å². The number of benzene rings is 2. The van der Waals surface area contributed by atoms with Gasteiger partial charge in [0.1, 0.15) is 23.0 Å². The number of ether oxygens (including phenoxy) is 2. The number of hydrogen-bond donors (Lipinski definition) is 2. The smallest absolute Gasteiger partial charge is 0.295 e. The van der Waals surface area contributed by atoms with E-state index in [4.69, 9.17) is 21.1 Å². The van der Waals surface area contributed by atoms with E-state index in [1.165, 1.54) is 43.4 Å². The number of methoxy groups -OCH3 is 2. The first kappa shape index (κ1) is 23.1. The Labute approximate surface area is 200 Å². The Morgan fingerprint density at radius 3 is 2.41 bits per heavy atom. The number of halogens is 1. The van der Waals surface area contributed by atoms with Crippen LogP contribution in [0.2, 0.25) is 5.02 Å². The van der Waals surface area contributed by atoms with Crippen molar-refractivity contribution in [1.29, 1.82) is 0 Å². The van der Waals surface area contributed by atoms with Gasteiger partial charge in [0.2, 0.25) is 0 Å². The Balaban J connectivity index is 1.91. The fraction of sp³-hybridized carbons (Fsp3) is 0.160. The maximum Gasteiger partial charge on any atom is 0.295 e. The summed E-state index contributed by atoms with van der Waals surface area (Å²) in [6, 6.07) is 11.6. The maximum absolute atomic E-state index is 13.2. The van der Waals surface area contributed by atoms with E-state index in [1.54, 1.807) is 36.7 Å². The lowest BCUT2D eigenvalue weighted by atomic mass is 9.94. The number of carbonyl (C=O) groups excluding carboxylic acids is 2. The molecule has 1 saturated heterocycles. The number of aliphatic hydroxyl groups excluding tert-OH is 1. The molecule has 0 bridgehead atoms. The summed E-state index contributed by atoms with van der Waals surface area (Å²) in [5.74, 6) is -1.51. The molecule has 1 aliphatic heterocycles. The van der Waals surface area contributed by atoms with E-state index in [0.717, 1.165) is 0 Å². The highest BCUT2D eigenvalue weighted by Crippen LogP contribution is 2.43. The van der Waals surface area contributed by atoms with Crippen molar-refractivity contribution in [2.45, 2.75) is 12.6 Å². The number of pyridine rings is 1. The minimum atomic E-state index is -0.925. The summed E-state index contributed by atoms with van der Waals surface area (Å²) < 4.78 is 10.6. The normalized spacial score (nSPS) is 17.1. The summed E-state index contributed by atoms with van der Waals surface area (Å²) in [4.78, 5) is 31.7. The first-order chi connectivity index (χ1) is 16.3. The van der Waals surface area contributed by atoms with Crippen LogP contribution >= 0.6 is 11.6 Å². The van der Waals surface area contributed by atoms with E-state index < -0.39 is 23.5 Å². The molecular weight excluding hydrogens is 460 g/mol. The molecule has 1 aliphatic rings. The van der Waals surface area contributed by atoms with Gasteiger partial charge in [0, 0.05) is 25.0 Å². The van der Waals surface area contributed by atoms with Crippen LogP contribution in [0.5, 0.6) is 17.2 Å². The minimum absolute atomic E-state index is 0.0246. The third-order valence-electron chi connectivity index (χ3n) is 5.55. The van der Waals surface area contributed by atoms with Crippen LogP contribution in [0, 0.1) is 0 Å². The van der Waals surface area contributed by atoms with E-state index >= 15 is 0 Å². The number of likely N-dealkylation sites (tertiary alicyclic amines) is 1. The van der Waals surface area contributed by atoms with E-state index in [1.807, 2.05) is 0 Å². The first-order valence-electron chi connectivity index (χ1n) is 10.2. The van der Waals surface area contributed by atoms with Crippen LogP contribution in [-0.2, 0) is 16.1 Å². The topological polar surface area (TPSA) is 109 Å². The molecule has 2 aromatic carbocycles. The first-order valence-corrected chi connectivity index (χ1v) is 10.6. The molecule has 2 heterocycles. The molecular formula is C25H21ClN2O6. The second-order valence-electron chi connectivity index (χ2n) is 7.57. The standard InChI is InChI=1S/C25H21ClN2O6/c1-33-19-11-20(34-2)18(26)10-17(19)23(30)21-22(15-5-7-16(29)8-6-15)28(25(32)24(21)31)13-14-4-3-9-27-12-14/h3-12,22,29-30H,13H2,1-2H3/b23-21+. The number of aromatic hydroxyl groups is 1. The number of nitrogens with zero attached hydrogens (tertiary/aromatic N) is 2. The van der Waals surface area contributed by atoms with E-state index in [2.05, 4.69) is 4.98 Å². The van der Waals surface area contributed by atoms with Gasteiger partial charge in [-0.05, 0) is 35.4 Å². The minimum Gasteiger partial charge on any atom is -0.508 e. The number of carbonyl (C=O) groups is 2. The molecule has 4 rings (SSSR count). The van der Waals surface area contributed by atoms with Gasteiger partial charge in [-0.2, -0.15) is 0 Å². The van der Waals surface area contributed by atoms with Gasteiger partial charge in [0.05, 0.1) is 36.4 Å². The van der Waals surface area contributed by atoms with E-state index in [0.29, 0.717) is 16.9 Å². The summed E-state index contributed by atoms with van der Waals surface area (Å²) >= 11 is 6.27. The van der Waals surface area contributed by atoms with Crippen LogP contribution in [0.4, 0.5) is 0 Å². The Bertz CT molecular complexity index is 1270. The molecule has 0 radical (unpaired) electrons. The number of rotatable bonds is 6. The Morgan fingerprint density at radius 1 is 1.09 bits per heavy atom. The molecule has 2 N–H and O–H groups in total. The number of phenols is 1. The van der Waals surface area contributed by atoms with Gasteiger partial charge in [0.25, 0.3) is 11.7 Å². The zero-order valence-corrected chi connectivity index (χ0v) is 19.1. The van der Waals surface area contributed by atoms with Crippen LogP contribution < -0.4 is 9.47 Å². The molecule has 1 aromatic heterocycles. The van der Waals surface area contributed by atoms with E-state index in [-0.39, 0.29) is 34.2 Å². The molecule has 1 unspecified atom stereocenters. The average Bonchev–Trinajstić information content (AvgIpc) is 3.09. The highest BCUT2D eigenvalue weighted by molar-refractivity contribution is 6.46.